The molecule has 2 rings (SSSR count). The van der Waals surface area contributed by atoms with Crippen LogP contribution in [0.4, 0.5) is 15.8 Å². The molecule has 0 radical (unpaired) electrons. The van der Waals surface area contributed by atoms with Crippen LogP contribution in [0, 0.1) is 12.7 Å². The van der Waals surface area contributed by atoms with Gasteiger partial charge in [0, 0.05) is 6.20 Å². The third kappa shape index (κ3) is 2.86. The fraction of sp³-hybridized carbons (Fsp3) is 0.0769. The average Bonchev–Trinajstić information content (AvgIpc) is 2.38. The summed E-state index contributed by atoms with van der Waals surface area (Å²) in [6.07, 6.45) is 3.18. The largest absolute Gasteiger partial charge is 0.321 e. The van der Waals surface area contributed by atoms with E-state index in [4.69, 9.17) is 5.84 Å². The van der Waals surface area contributed by atoms with E-state index in [9.17, 15) is 9.18 Å². The van der Waals surface area contributed by atoms with Gasteiger partial charge in [-0.3, -0.25) is 15.6 Å². The van der Waals surface area contributed by atoms with Crippen molar-refractivity contribution in [2.45, 2.75) is 6.92 Å². The van der Waals surface area contributed by atoms with Gasteiger partial charge in [-0.1, -0.05) is 6.07 Å². The van der Waals surface area contributed by atoms with E-state index in [-0.39, 0.29) is 11.3 Å². The minimum atomic E-state index is -0.586. The fourth-order valence-corrected chi connectivity index (χ4v) is 1.68. The molecule has 2 aromatic rings. The number of para-hydroxylation sites is 1. The van der Waals surface area contributed by atoms with Crippen molar-refractivity contribution in [1.82, 2.24) is 4.98 Å². The summed E-state index contributed by atoms with van der Waals surface area (Å²) in [6.45, 7) is 1.86. The number of carbonyl (C=O) groups excluding carboxylic acids is 1. The SMILES string of the molecule is Cc1cncc(NC(=O)c2cccc(F)c2NN)c1. The summed E-state index contributed by atoms with van der Waals surface area (Å²) >= 11 is 0. The lowest BCUT2D eigenvalue weighted by molar-refractivity contribution is 0.102. The number of benzene rings is 1. The van der Waals surface area contributed by atoms with Gasteiger partial charge in [0.05, 0.1) is 23.1 Å². The molecule has 1 amide bonds. The zero-order valence-electron chi connectivity index (χ0n) is 10.3. The number of aryl methyl sites for hydroxylation is 1. The molecule has 0 unspecified atom stereocenters. The summed E-state index contributed by atoms with van der Waals surface area (Å²) in [5, 5.41) is 2.64. The number of rotatable bonds is 3. The highest BCUT2D eigenvalue weighted by molar-refractivity contribution is 6.08. The molecule has 0 aliphatic carbocycles. The quantitative estimate of drug-likeness (QED) is 0.583. The number of pyridine rings is 1. The molecule has 0 saturated heterocycles. The van der Waals surface area contributed by atoms with Gasteiger partial charge in [0.2, 0.25) is 0 Å². The standard InChI is InChI=1S/C13H13FN4O/c1-8-5-9(7-16-6-8)17-13(19)10-3-2-4-11(14)12(10)18-15/h2-7,18H,15H2,1H3,(H,17,19). The van der Waals surface area contributed by atoms with Crippen LogP contribution in [0.2, 0.25) is 0 Å². The van der Waals surface area contributed by atoms with E-state index in [1.54, 1.807) is 12.3 Å². The van der Waals surface area contributed by atoms with Gasteiger partial charge in [0.1, 0.15) is 5.82 Å². The Bertz CT molecular complexity index is 615. The molecule has 0 bridgehead atoms. The molecule has 6 heteroatoms. The number of hydrazine groups is 1. The molecule has 98 valence electrons. The summed E-state index contributed by atoms with van der Waals surface area (Å²) in [6, 6.07) is 5.91. The number of hydrogen-bond acceptors (Lipinski definition) is 4. The van der Waals surface area contributed by atoms with Crippen LogP contribution < -0.4 is 16.6 Å². The van der Waals surface area contributed by atoms with Crippen molar-refractivity contribution < 1.29 is 9.18 Å². The molecular formula is C13H13FN4O. The van der Waals surface area contributed by atoms with Crippen molar-refractivity contribution in [3.05, 3.63) is 53.6 Å². The van der Waals surface area contributed by atoms with Gasteiger partial charge in [-0.2, -0.15) is 0 Å². The lowest BCUT2D eigenvalue weighted by atomic mass is 10.1. The third-order valence-corrected chi connectivity index (χ3v) is 2.54. The summed E-state index contributed by atoms with van der Waals surface area (Å²) < 4.78 is 13.5. The molecule has 19 heavy (non-hydrogen) atoms. The molecule has 0 aliphatic rings. The first-order valence-electron chi connectivity index (χ1n) is 5.60. The Balaban J connectivity index is 2.28. The van der Waals surface area contributed by atoms with Crippen LogP contribution in [-0.4, -0.2) is 10.9 Å². The highest BCUT2D eigenvalue weighted by atomic mass is 19.1. The molecular weight excluding hydrogens is 247 g/mol. The average molecular weight is 260 g/mol. The normalized spacial score (nSPS) is 10.1. The van der Waals surface area contributed by atoms with Crippen molar-refractivity contribution in [1.29, 1.82) is 0 Å². The van der Waals surface area contributed by atoms with Gasteiger partial charge >= 0.3 is 0 Å². The Kier molecular flexibility index (Phi) is 3.72. The highest BCUT2D eigenvalue weighted by Gasteiger charge is 2.14. The van der Waals surface area contributed by atoms with E-state index in [0.29, 0.717) is 5.69 Å². The van der Waals surface area contributed by atoms with Gasteiger partial charge in [-0.05, 0) is 30.7 Å². The molecule has 0 aliphatic heterocycles. The first kappa shape index (κ1) is 13.0. The van der Waals surface area contributed by atoms with Crippen LogP contribution in [-0.2, 0) is 0 Å². The van der Waals surface area contributed by atoms with E-state index >= 15 is 0 Å². The van der Waals surface area contributed by atoms with Crippen LogP contribution in [0.1, 0.15) is 15.9 Å². The smallest absolute Gasteiger partial charge is 0.257 e. The van der Waals surface area contributed by atoms with E-state index in [2.05, 4.69) is 15.7 Å². The number of nitrogens with one attached hydrogen (secondary N) is 2. The summed E-state index contributed by atoms with van der Waals surface area (Å²) in [5.41, 5.74) is 3.73. The lowest BCUT2D eigenvalue weighted by Crippen LogP contribution is -2.18. The maximum Gasteiger partial charge on any atom is 0.257 e. The fourth-order valence-electron chi connectivity index (χ4n) is 1.68. The number of carbonyl (C=O) groups is 1. The molecule has 1 aromatic heterocycles. The predicted octanol–water partition coefficient (Wildman–Crippen LogP) is 2.07. The Hall–Kier alpha value is -2.47. The predicted molar refractivity (Wildman–Crippen MR) is 71.1 cm³/mol. The van der Waals surface area contributed by atoms with Crippen molar-refractivity contribution in [2.75, 3.05) is 10.7 Å². The molecule has 5 nitrogen and oxygen atoms in total. The van der Waals surface area contributed by atoms with Gasteiger partial charge in [-0.15, -0.1) is 0 Å². The molecule has 1 heterocycles. The van der Waals surface area contributed by atoms with Gasteiger partial charge in [0.15, 0.2) is 0 Å². The van der Waals surface area contributed by atoms with Crippen LogP contribution in [0.5, 0.6) is 0 Å². The van der Waals surface area contributed by atoms with Crippen LogP contribution in [0.25, 0.3) is 0 Å². The summed E-state index contributed by atoms with van der Waals surface area (Å²) in [5.74, 6) is 4.18. The second-order valence-electron chi connectivity index (χ2n) is 4.01. The van der Waals surface area contributed by atoms with Gasteiger partial charge in [0.25, 0.3) is 5.91 Å². The zero-order chi connectivity index (χ0) is 13.8. The van der Waals surface area contributed by atoms with Gasteiger partial charge < -0.3 is 10.7 Å². The highest BCUT2D eigenvalue weighted by Crippen LogP contribution is 2.20. The molecule has 0 atom stereocenters. The minimum Gasteiger partial charge on any atom is -0.321 e. The Morgan fingerprint density at radius 1 is 1.37 bits per heavy atom. The second kappa shape index (κ2) is 5.45. The Morgan fingerprint density at radius 3 is 2.84 bits per heavy atom. The Labute approximate surface area is 109 Å². The van der Waals surface area contributed by atoms with E-state index in [1.807, 2.05) is 6.92 Å². The van der Waals surface area contributed by atoms with Crippen LogP contribution in [0.15, 0.2) is 36.7 Å². The molecule has 0 saturated carbocycles. The summed E-state index contributed by atoms with van der Waals surface area (Å²) in [7, 11) is 0. The number of nitrogens with zero attached hydrogens (tertiary/aromatic N) is 1. The van der Waals surface area contributed by atoms with Crippen molar-refractivity contribution in [2.24, 2.45) is 5.84 Å². The number of halogens is 1. The molecule has 4 N–H and O–H groups in total. The molecule has 0 spiro atoms. The number of hydrogen-bond donors (Lipinski definition) is 3. The lowest BCUT2D eigenvalue weighted by Gasteiger charge is -2.10. The number of nitrogens with two attached hydrogens (primary N) is 1. The van der Waals surface area contributed by atoms with E-state index in [0.717, 1.165) is 5.56 Å². The van der Waals surface area contributed by atoms with E-state index < -0.39 is 11.7 Å². The van der Waals surface area contributed by atoms with Crippen molar-refractivity contribution in [3.8, 4) is 0 Å². The summed E-state index contributed by atoms with van der Waals surface area (Å²) in [4.78, 5) is 16.0. The van der Waals surface area contributed by atoms with E-state index in [1.165, 1.54) is 24.4 Å². The number of anilines is 2. The second-order valence-corrected chi connectivity index (χ2v) is 4.01. The first-order chi connectivity index (χ1) is 9.11. The number of aromatic nitrogens is 1. The topological polar surface area (TPSA) is 80.0 Å². The maximum absolute atomic E-state index is 13.5. The van der Waals surface area contributed by atoms with Crippen LogP contribution in [0.3, 0.4) is 0 Å². The molecule has 1 aromatic carbocycles. The van der Waals surface area contributed by atoms with Crippen LogP contribution >= 0.6 is 0 Å². The van der Waals surface area contributed by atoms with Crippen molar-refractivity contribution >= 4 is 17.3 Å². The maximum atomic E-state index is 13.5. The molecule has 0 fully saturated rings. The minimum absolute atomic E-state index is 0.0411. The van der Waals surface area contributed by atoms with Gasteiger partial charge in [-0.25, -0.2) is 4.39 Å². The first-order valence-corrected chi connectivity index (χ1v) is 5.60. The Morgan fingerprint density at radius 2 is 2.16 bits per heavy atom. The zero-order valence-corrected chi connectivity index (χ0v) is 10.3. The number of amides is 1. The third-order valence-electron chi connectivity index (χ3n) is 2.54. The number of nitrogen functional groups attached to an aromatic ring is 1. The van der Waals surface area contributed by atoms with Crippen molar-refractivity contribution in [3.63, 3.8) is 0 Å². The monoisotopic (exact) mass is 260 g/mol.